The van der Waals surface area contributed by atoms with Gasteiger partial charge in [-0.25, -0.2) is 0 Å². The lowest BCUT2D eigenvalue weighted by molar-refractivity contribution is -0.143. The van der Waals surface area contributed by atoms with E-state index in [2.05, 4.69) is 9.69 Å². The number of primary amides is 1. The molecule has 6 N–H and O–H groups in total. The van der Waals surface area contributed by atoms with Crippen molar-refractivity contribution in [2.45, 2.75) is 26.8 Å². The van der Waals surface area contributed by atoms with Crippen LogP contribution in [0.25, 0.3) is 0 Å². The quantitative estimate of drug-likeness (QED) is 0.307. The normalized spacial score (nSPS) is 11.4. The Hall–Kier alpha value is -4.45. The maximum absolute atomic E-state index is 14.0. The number of aromatic nitrogens is 1. The molecule has 2 aromatic carbocycles. The fourth-order valence-corrected chi connectivity index (χ4v) is 4.46. The number of carbonyl (C=O) groups is 4. The first-order valence-corrected chi connectivity index (χ1v) is 12.0. The number of phenols is 1. The molecule has 0 aliphatic rings. The number of ether oxygens (including phenoxy) is 1. The number of aryl methyl sites for hydroxylation is 2. The van der Waals surface area contributed by atoms with Gasteiger partial charge in [0.25, 0.3) is 11.8 Å². The molecule has 0 spiro atoms. The lowest BCUT2D eigenvalue weighted by atomic mass is 10.0. The summed E-state index contributed by atoms with van der Waals surface area (Å²) >= 11 is 0.683. The second kappa shape index (κ2) is 11.5. The van der Waals surface area contributed by atoms with Crippen LogP contribution >= 0.6 is 11.5 Å². The highest BCUT2D eigenvalue weighted by atomic mass is 32.1. The molecule has 0 aliphatic heterocycles. The van der Waals surface area contributed by atoms with E-state index in [0.717, 1.165) is 5.56 Å². The van der Waals surface area contributed by atoms with Gasteiger partial charge >= 0.3 is 5.97 Å². The smallest absolute Gasteiger partial charge is 0.325 e. The van der Waals surface area contributed by atoms with Crippen LogP contribution in [-0.4, -0.2) is 46.3 Å². The SMILES string of the molecule is CCOC(=O)CNC(=O)[C@H](c1ccc(O)cc1)N(C(=O)c1snc(C(N)=O)c1N)c1ccc(C)cc1C. The summed E-state index contributed by atoms with van der Waals surface area (Å²) in [5.41, 5.74) is 13.3. The van der Waals surface area contributed by atoms with Crippen molar-refractivity contribution in [1.29, 1.82) is 0 Å². The second-order valence-corrected chi connectivity index (χ2v) is 8.89. The average Bonchev–Trinajstić information content (AvgIpc) is 3.24. The Balaban J connectivity index is 2.19. The summed E-state index contributed by atoms with van der Waals surface area (Å²) in [4.78, 5) is 52.4. The highest BCUT2D eigenvalue weighted by molar-refractivity contribution is 7.09. The van der Waals surface area contributed by atoms with Crippen LogP contribution in [-0.2, 0) is 14.3 Å². The number of nitrogen functional groups attached to an aromatic ring is 1. The highest BCUT2D eigenvalue weighted by Gasteiger charge is 2.36. The molecule has 3 amide bonds. The molecular formula is C25H27N5O6S. The van der Waals surface area contributed by atoms with Crippen LogP contribution < -0.4 is 21.7 Å². The van der Waals surface area contributed by atoms with E-state index < -0.39 is 36.3 Å². The van der Waals surface area contributed by atoms with E-state index in [-0.39, 0.29) is 28.6 Å². The zero-order chi connectivity index (χ0) is 27.3. The van der Waals surface area contributed by atoms with Gasteiger partial charge in [0.05, 0.1) is 12.3 Å². The molecule has 0 saturated heterocycles. The maximum atomic E-state index is 14.0. The minimum Gasteiger partial charge on any atom is -0.508 e. The van der Waals surface area contributed by atoms with Gasteiger partial charge in [0, 0.05) is 5.69 Å². The van der Waals surface area contributed by atoms with Gasteiger partial charge in [-0.05, 0) is 61.6 Å². The molecule has 3 rings (SSSR count). The van der Waals surface area contributed by atoms with E-state index in [1.54, 1.807) is 26.0 Å². The van der Waals surface area contributed by atoms with Gasteiger partial charge in [0.2, 0.25) is 5.91 Å². The van der Waals surface area contributed by atoms with Gasteiger partial charge < -0.3 is 26.6 Å². The third-order valence-electron chi connectivity index (χ3n) is 5.41. The van der Waals surface area contributed by atoms with Gasteiger partial charge in [-0.15, -0.1) is 0 Å². The zero-order valence-corrected chi connectivity index (χ0v) is 21.3. The summed E-state index contributed by atoms with van der Waals surface area (Å²) < 4.78 is 8.81. The zero-order valence-electron chi connectivity index (χ0n) is 20.5. The third kappa shape index (κ3) is 6.04. The number of nitrogens with one attached hydrogen (secondary N) is 1. The largest absolute Gasteiger partial charge is 0.508 e. The lowest BCUT2D eigenvalue weighted by Crippen LogP contribution is -2.45. The van der Waals surface area contributed by atoms with Crippen LogP contribution in [0, 0.1) is 13.8 Å². The number of esters is 1. The molecule has 1 aromatic heterocycles. The van der Waals surface area contributed by atoms with E-state index >= 15 is 0 Å². The molecule has 1 heterocycles. The monoisotopic (exact) mass is 525 g/mol. The van der Waals surface area contributed by atoms with E-state index in [4.69, 9.17) is 16.2 Å². The molecule has 3 aromatic rings. The van der Waals surface area contributed by atoms with Crippen molar-refractivity contribution >= 4 is 46.6 Å². The number of nitrogens with zero attached hydrogens (tertiary/aromatic N) is 2. The minimum atomic E-state index is -1.30. The minimum absolute atomic E-state index is 0.0448. The Morgan fingerprint density at radius 1 is 1.14 bits per heavy atom. The average molecular weight is 526 g/mol. The number of amides is 3. The Labute approximate surface area is 217 Å². The van der Waals surface area contributed by atoms with Crippen LogP contribution in [0.15, 0.2) is 42.5 Å². The number of nitrogens with two attached hydrogens (primary N) is 2. The summed E-state index contributed by atoms with van der Waals surface area (Å²) in [6, 6.07) is 9.71. The summed E-state index contributed by atoms with van der Waals surface area (Å²) in [5, 5.41) is 12.3. The van der Waals surface area contributed by atoms with Crippen LogP contribution in [0.3, 0.4) is 0 Å². The number of aromatic hydroxyl groups is 1. The van der Waals surface area contributed by atoms with E-state index in [0.29, 0.717) is 28.3 Å². The van der Waals surface area contributed by atoms with E-state index in [1.165, 1.54) is 29.2 Å². The molecule has 0 bridgehead atoms. The predicted octanol–water partition coefficient (Wildman–Crippen LogP) is 2.21. The molecular weight excluding hydrogens is 498 g/mol. The molecule has 1 atom stereocenters. The Kier molecular flexibility index (Phi) is 8.45. The number of hydrogen-bond acceptors (Lipinski definition) is 9. The van der Waals surface area contributed by atoms with E-state index in [1.807, 2.05) is 13.0 Å². The van der Waals surface area contributed by atoms with Crippen LogP contribution in [0.1, 0.15) is 49.8 Å². The maximum Gasteiger partial charge on any atom is 0.325 e. The first-order chi connectivity index (χ1) is 17.5. The number of hydrogen-bond donors (Lipinski definition) is 4. The van der Waals surface area contributed by atoms with Crippen molar-refractivity contribution in [2.24, 2.45) is 5.73 Å². The molecule has 12 heteroatoms. The first-order valence-electron chi connectivity index (χ1n) is 11.2. The summed E-state index contributed by atoms with van der Waals surface area (Å²) in [5.74, 6) is -2.99. The standard InChI is InChI=1S/C25H27N5O6S/c1-4-36-18(32)12-28-24(34)21(15-6-8-16(31)9-7-15)30(17-10-5-13(2)11-14(17)3)25(35)22-19(26)20(23(27)33)29-37-22/h5-11,21,31H,4,12,26H2,1-3H3,(H2,27,33)(H,28,34)/t21-/m0/s1. The first kappa shape index (κ1) is 27.1. The van der Waals surface area contributed by atoms with Crippen molar-refractivity contribution < 1.29 is 29.0 Å². The molecule has 0 fully saturated rings. The summed E-state index contributed by atoms with van der Waals surface area (Å²) in [7, 11) is 0. The van der Waals surface area contributed by atoms with Crippen molar-refractivity contribution in [1.82, 2.24) is 9.69 Å². The van der Waals surface area contributed by atoms with Gasteiger partial charge in [-0.3, -0.25) is 24.1 Å². The number of rotatable bonds is 9. The molecule has 11 nitrogen and oxygen atoms in total. The Morgan fingerprint density at radius 3 is 2.38 bits per heavy atom. The Morgan fingerprint density at radius 2 is 1.81 bits per heavy atom. The summed E-state index contributed by atoms with van der Waals surface area (Å²) in [6.07, 6.45) is 0. The van der Waals surface area contributed by atoms with Crippen molar-refractivity contribution in [3.8, 4) is 5.75 Å². The molecule has 37 heavy (non-hydrogen) atoms. The van der Waals surface area contributed by atoms with Gasteiger partial charge in [-0.2, -0.15) is 4.37 Å². The number of carbonyl (C=O) groups excluding carboxylic acids is 4. The third-order valence-corrected chi connectivity index (χ3v) is 6.26. The molecule has 0 aliphatic carbocycles. The van der Waals surface area contributed by atoms with Crippen molar-refractivity contribution in [2.75, 3.05) is 23.8 Å². The molecule has 0 saturated carbocycles. The van der Waals surface area contributed by atoms with Crippen LogP contribution in [0.4, 0.5) is 11.4 Å². The topological polar surface area (TPSA) is 178 Å². The van der Waals surface area contributed by atoms with Crippen LogP contribution in [0.2, 0.25) is 0 Å². The van der Waals surface area contributed by atoms with Gasteiger partial charge in [0.15, 0.2) is 5.69 Å². The fraction of sp³-hybridized carbons (Fsp3) is 0.240. The molecule has 194 valence electrons. The van der Waals surface area contributed by atoms with Gasteiger partial charge in [0.1, 0.15) is 23.2 Å². The highest BCUT2D eigenvalue weighted by Crippen LogP contribution is 2.35. The summed E-state index contributed by atoms with van der Waals surface area (Å²) in [6.45, 7) is 5.00. The van der Waals surface area contributed by atoms with Gasteiger partial charge in [-0.1, -0.05) is 29.8 Å². The lowest BCUT2D eigenvalue weighted by Gasteiger charge is -2.32. The second-order valence-electron chi connectivity index (χ2n) is 8.12. The molecule has 0 radical (unpaired) electrons. The Bertz CT molecular complexity index is 1340. The van der Waals surface area contributed by atoms with Crippen molar-refractivity contribution in [3.63, 3.8) is 0 Å². The number of benzene rings is 2. The number of anilines is 2. The molecule has 0 unspecified atom stereocenters. The van der Waals surface area contributed by atoms with Crippen LogP contribution in [0.5, 0.6) is 5.75 Å². The van der Waals surface area contributed by atoms with Crippen molar-refractivity contribution in [3.05, 3.63) is 69.7 Å². The predicted molar refractivity (Wildman–Crippen MR) is 138 cm³/mol. The van der Waals surface area contributed by atoms with E-state index in [9.17, 15) is 24.3 Å². The number of phenolic OH excluding ortho intramolecular Hbond substituents is 1. The fourth-order valence-electron chi connectivity index (χ4n) is 3.72.